The zero-order valence-electron chi connectivity index (χ0n) is 10.9. The molecule has 1 aromatic rings. The summed E-state index contributed by atoms with van der Waals surface area (Å²) in [6.45, 7) is 6.45. The Morgan fingerprint density at radius 3 is 2.61 bits per heavy atom. The van der Waals surface area contributed by atoms with E-state index in [0.29, 0.717) is 18.9 Å². The van der Waals surface area contributed by atoms with Crippen LogP contribution in [-0.4, -0.2) is 23.5 Å². The summed E-state index contributed by atoms with van der Waals surface area (Å²) in [4.78, 5) is 28.9. The number of rotatable bonds is 2. The maximum atomic E-state index is 11.7. The fourth-order valence-corrected chi connectivity index (χ4v) is 1.97. The lowest BCUT2D eigenvalue weighted by Gasteiger charge is -2.27. The molecule has 0 aromatic carbocycles. The molecule has 0 saturated carbocycles. The van der Waals surface area contributed by atoms with Crippen LogP contribution in [0.1, 0.15) is 37.6 Å². The van der Waals surface area contributed by atoms with Gasteiger partial charge in [-0.25, -0.2) is 4.79 Å². The second-order valence-electron chi connectivity index (χ2n) is 4.75. The van der Waals surface area contributed by atoms with Gasteiger partial charge in [0, 0.05) is 18.7 Å². The molecular weight excluding hydrogens is 230 g/mol. The summed E-state index contributed by atoms with van der Waals surface area (Å²) in [6, 6.07) is 3.46. The van der Waals surface area contributed by atoms with Crippen molar-refractivity contribution in [3.8, 4) is 0 Å². The van der Waals surface area contributed by atoms with Crippen LogP contribution >= 0.6 is 0 Å². The number of carbonyl (C=O) groups excluding carboxylic acids is 2. The Morgan fingerprint density at radius 1 is 1.33 bits per heavy atom. The van der Waals surface area contributed by atoms with Crippen LogP contribution in [0.2, 0.25) is 0 Å². The van der Waals surface area contributed by atoms with E-state index >= 15 is 0 Å². The van der Waals surface area contributed by atoms with Gasteiger partial charge in [0.25, 0.3) is 0 Å². The Bertz CT molecular complexity index is 497. The Kier molecular flexibility index (Phi) is 3.32. The summed E-state index contributed by atoms with van der Waals surface area (Å²) in [7, 11) is 0. The van der Waals surface area contributed by atoms with Gasteiger partial charge in [-0.1, -0.05) is 13.8 Å². The first-order valence-electron chi connectivity index (χ1n) is 6.08. The zero-order chi connectivity index (χ0) is 13.3. The number of hydrogen-bond acceptors (Lipinski definition) is 3. The minimum Gasteiger partial charge on any atom is -0.292 e. The molecule has 1 fully saturated rings. The van der Waals surface area contributed by atoms with E-state index in [1.807, 2.05) is 19.1 Å². The average Bonchev–Trinajstić information content (AvgIpc) is 2.30. The molecule has 5 heteroatoms. The Labute approximate surface area is 106 Å². The molecule has 0 atom stereocenters. The van der Waals surface area contributed by atoms with E-state index in [1.54, 1.807) is 4.90 Å². The Balaban J connectivity index is 2.28. The summed E-state index contributed by atoms with van der Waals surface area (Å²) in [5.41, 5.74) is 2.58. The first-order chi connectivity index (χ1) is 8.49. The molecule has 3 amide bonds. The van der Waals surface area contributed by atoms with Crippen LogP contribution < -0.4 is 10.2 Å². The zero-order valence-corrected chi connectivity index (χ0v) is 10.9. The van der Waals surface area contributed by atoms with E-state index in [2.05, 4.69) is 24.1 Å². The van der Waals surface area contributed by atoms with E-state index in [9.17, 15) is 9.59 Å². The molecule has 0 radical (unpaired) electrons. The molecule has 2 heterocycles. The normalized spacial score (nSPS) is 16.1. The third-order valence-electron chi connectivity index (χ3n) is 3.02. The fourth-order valence-electron chi connectivity index (χ4n) is 1.97. The van der Waals surface area contributed by atoms with Gasteiger partial charge < -0.3 is 0 Å². The lowest BCUT2D eigenvalue weighted by atomic mass is 10.1. The summed E-state index contributed by atoms with van der Waals surface area (Å²) >= 11 is 0. The number of anilines is 1. The molecule has 5 nitrogen and oxygen atoms in total. The van der Waals surface area contributed by atoms with Crippen molar-refractivity contribution in [2.75, 3.05) is 11.4 Å². The predicted octanol–water partition coefficient (Wildman–Crippen LogP) is 1.96. The number of amides is 3. The van der Waals surface area contributed by atoms with Gasteiger partial charge in [-0.3, -0.25) is 20.0 Å². The molecule has 1 N–H and O–H groups in total. The first-order valence-corrected chi connectivity index (χ1v) is 6.08. The standard InChI is InChI=1S/C13H17N3O2/c1-8(2)10-4-5-11(9(3)14-10)16-7-6-12(17)15-13(16)18/h4-5,8H,6-7H2,1-3H3,(H,15,17,18). The topological polar surface area (TPSA) is 62.3 Å². The van der Waals surface area contributed by atoms with Crippen molar-refractivity contribution in [3.05, 3.63) is 23.5 Å². The lowest BCUT2D eigenvalue weighted by Crippen LogP contribution is -2.49. The van der Waals surface area contributed by atoms with E-state index in [0.717, 1.165) is 17.1 Å². The average molecular weight is 247 g/mol. The summed E-state index contributed by atoms with van der Waals surface area (Å²) in [6.07, 6.45) is 0.330. The highest BCUT2D eigenvalue weighted by Crippen LogP contribution is 2.23. The van der Waals surface area contributed by atoms with Crippen molar-refractivity contribution in [2.45, 2.75) is 33.1 Å². The molecule has 0 bridgehead atoms. The fraction of sp³-hybridized carbons (Fsp3) is 0.462. The van der Waals surface area contributed by atoms with E-state index < -0.39 is 0 Å². The Morgan fingerprint density at radius 2 is 2.06 bits per heavy atom. The number of urea groups is 1. The Hall–Kier alpha value is -1.91. The third kappa shape index (κ3) is 2.34. The van der Waals surface area contributed by atoms with Gasteiger partial charge >= 0.3 is 6.03 Å². The minimum atomic E-state index is -0.367. The van der Waals surface area contributed by atoms with Crippen molar-refractivity contribution in [3.63, 3.8) is 0 Å². The van der Waals surface area contributed by atoms with Crippen LogP contribution in [0.5, 0.6) is 0 Å². The van der Waals surface area contributed by atoms with Crippen LogP contribution in [0.25, 0.3) is 0 Å². The molecule has 2 rings (SSSR count). The van der Waals surface area contributed by atoms with E-state index in [-0.39, 0.29) is 11.9 Å². The van der Waals surface area contributed by atoms with Gasteiger partial charge in [-0.2, -0.15) is 0 Å². The van der Waals surface area contributed by atoms with Crippen LogP contribution in [0, 0.1) is 6.92 Å². The maximum absolute atomic E-state index is 11.7. The van der Waals surface area contributed by atoms with E-state index in [4.69, 9.17) is 0 Å². The minimum absolute atomic E-state index is 0.222. The molecule has 0 unspecified atom stereocenters. The van der Waals surface area contributed by atoms with Crippen molar-refractivity contribution in [1.82, 2.24) is 10.3 Å². The molecule has 0 spiro atoms. The summed E-state index contributed by atoms with van der Waals surface area (Å²) in [5.74, 6) is 0.134. The number of aryl methyl sites for hydroxylation is 1. The van der Waals surface area contributed by atoms with Crippen molar-refractivity contribution >= 4 is 17.6 Å². The van der Waals surface area contributed by atoms with Gasteiger partial charge in [0.15, 0.2) is 0 Å². The number of aromatic nitrogens is 1. The van der Waals surface area contributed by atoms with Crippen molar-refractivity contribution < 1.29 is 9.59 Å². The van der Waals surface area contributed by atoms with Crippen molar-refractivity contribution in [1.29, 1.82) is 0 Å². The molecule has 1 aliphatic heterocycles. The van der Waals surface area contributed by atoms with E-state index in [1.165, 1.54) is 0 Å². The number of hydrogen-bond donors (Lipinski definition) is 1. The molecule has 1 saturated heterocycles. The highest BCUT2D eigenvalue weighted by molar-refractivity contribution is 6.05. The van der Waals surface area contributed by atoms with Crippen LogP contribution in [0.3, 0.4) is 0 Å². The highest BCUT2D eigenvalue weighted by Gasteiger charge is 2.25. The first kappa shape index (κ1) is 12.5. The SMILES string of the molecule is Cc1nc(C(C)C)ccc1N1CCC(=O)NC1=O. The second-order valence-corrected chi connectivity index (χ2v) is 4.75. The quantitative estimate of drug-likeness (QED) is 0.869. The molecule has 96 valence electrons. The van der Waals surface area contributed by atoms with Crippen LogP contribution in [0.15, 0.2) is 12.1 Å². The largest absolute Gasteiger partial charge is 0.328 e. The van der Waals surface area contributed by atoms with Gasteiger partial charge in [-0.05, 0) is 25.0 Å². The number of imide groups is 1. The number of pyridine rings is 1. The van der Waals surface area contributed by atoms with Gasteiger partial charge in [-0.15, -0.1) is 0 Å². The van der Waals surface area contributed by atoms with Crippen molar-refractivity contribution in [2.24, 2.45) is 0 Å². The third-order valence-corrected chi connectivity index (χ3v) is 3.02. The number of nitrogens with zero attached hydrogens (tertiary/aromatic N) is 2. The molecule has 1 aromatic heterocycles. The molecule has 1 aliphatic rings. The highest BCUT2D eigenvalue weighted by atomic mass is 16.2. The molecule has 18 heavy (non-hydrogen) atoms. The number of nitrogens with one attached hydrogen (secondary N) is 1. The maximum Gasteiger partial charge on any atom is 0.328 e. The molecular formula is C13H17N3O2. The second kappa shape index (κ2) is 4.76. The van der Waals surface area contributed by atoms with Crippen LogP contribution in [-0.2, 0) is 4.79 Å². The van der Waals surface area contributed by atoms with Gasteiger partial charge in [0.05, 0.1) is 11.4 Å². The molecule has 0 aliphatic carbocycles. The lowest BCUT2D eigenvalue weighted by molar-refractivity contribution is -0.120. The summed E-state index contributed by atoms with van der Waals surface area (Å²) < 4.78 is 0. The smallest absolute Gasteiger partial charge is 0.292 e. The van der Waals surface area contributed by atoms with Gasteiger partial charge in [0.2, 0.25) is 5.91 Å². The summed E-state index contributed by atoms with van der Waals surface area (Å²) in [5, 5.41) is 2.31. The van der Waals surface area contributed by atoms with Gasteiger partial charge in [0.1, 0.15) is 0 Å². The predicted molar refractivity (Wildman–Crippen MR) is 68.6 cm³/mol. The number of carbonyl (C=O) groups is 2. The monoisotopic (exact) mass is 247 g/mol. The van der Waals surface area contributed by atoms with Crippen LogP contribution in [0.4, 0.5) is 10.5 Å².